The molecular weight excluding hydrogens is 392 g/mol. The maximum absolute atomic E-state index is 12.7. The monoisotopic (exact) mass is 412 g/mol. The highest BCUT2D eigenvalue weighted by Gasteiger charge is 2.37. The Hall–Kier alpha value is -3.75. The fourth-order valence-electron chi connectivity index (χ4n) is 3.54. The topological polar surface area (TPSA) is 125 Å². The van der Waals surface area contributed by atoms with Crippen molar-refractivity contribution in [3.05, 3.63) is 48.0 Å². The predicted molar refractivity (Wildman–Crippen MR) is 104 cm³/mol. The van der Waals surface area contributed by atoms with E-state index in [2.05, 4.69) is 5.32 Å². The average Bonchev–Trinajstić information content (AvgIpc) is 3.34. The number of carboxylic acids is 1. The Morgan fingerprint density at radius 2 is 1.87 bits per heavy atom. The highest BCUT2D eigenvalue weighted by atomic mass is 16.7. The molecule has 30 heavy (non-hydrogen) atoms. The van der Waals surface area contributed by atoms with Crippen molar-refractivity contribution in [1.82, 2.24) is 5.32 Å². The Balaban J connectivity index is 1.42. The number of carbonyl (C=O) groups excluding carboxylic acids is 2. The summed E-state index contributed by atoms with van der Waals surface area (Å²) in [4.78, 5) is 38.2. The Morgan fingerprint density at radius 3 is 2.60 bits per heavy atom. The summed E-state index contributed by atoms with van der Waals surface area (Å²) in [6, 6.07) is 10.1. The molecule has 0 radical (unpaired) electrons. The zero-order chi connectivity index (χ0) is 21.3. The van der Waals surface area contributed by atoms with E-state index in [-0.39, 0.29) is 37.8 Å². The van der Waals surface area contributed by atoms with Crippen LogP contribution in [-0.4, -0.2) is 47.4 Å². The van der Waals surface area contributed by atoms with Crippen LogP contribution in [0.1, 0.15) is 12.0 Å². The minimum absolute atomic E-state index is 0.00811. The normalized spacial score (nSPS) is 18.3. The maximum atomic E-state index is 12.7. The van der Waals surface area contributed by atoms with E-state index in [0.717, 1.165) is 0 Å². The lowest BCUT2D eigenvalue weighted by atomic mass is 10.0. The minimum atomic E-state index is -1.17. The summed E-state index contributed by atoms with van der Waals surface area (Å²) < 4.78 is 10.6. The number of ether oxygens (including phenoxy) is 2. The number of fused-ring (bicyclic) bond motifs is 1. The average molecular weight is 412 g/mol. The first-order chi connectivity index (χ1) is 14.4. The van der Waals surface area contributed by atoms with Gasteiger partial charge in [-0.2, -0.15) is 0 Å². The summed E-state index contributed by atoms with van der Waals surface area (Å²) in [5, 5.41) is 21.4. The molecule has 0 aromatic heterocycles. The highest BCUT2D eigenvalue weighted by Crippen LogP contribution is 2.37. The second kappa shape index (κ2) is 7.94. The number of hydrogen-bond acceptors (Lipinski definition) is 6. The predicted octanol–water partition coefficient (Wildman–Crippen LogP) is 1.29. The Kier molecular flexibility index (Phi) is 5.18. The lowest BCUT2D eigenvalue weighted by Crippen LogP contribution is -2.45. The van der Waals surface area contributed by atoms with Gasteiger partial charge in [0.05, 0.1) is 5.92 Å². The van der Waals surface area contributed by atoms with Crippen molar-refractivity contribution in [2.75, 3.05) is 18.2 Å². The standard InChI is InChI=1S/C21H20N2O7/c24-15-4-1-12(2-5-15)7-16(21(27)28)22-20(26)13-8-19(25)23(10-13)14-3-6-17-18(9-14)30-11-29-17/h1-6,9,13,16,24H,7-8,10-11H2,(H,22,26)(H,27,28). The fourth-order valence-corrected chi connectivity index (χ4v) is 3.54. The fraction of sp³-hybridized carbons (Fsp3) is 0.286. The molecule has 3 N–H and O–H groups in total. The first-order valence-corrected chi connectivity index (χ1v) is 9.42. The second-order valence-corrected chi connectivity index (χ2v) is 7.21. The molecule has 9 nitrogen and oxygen atoms in total. The Bertz CT molecular complexity index is 989. The molecule has 2 atom stereocenters. The second-order valence-electron chi connectivity index (χ2n) is 7.21. The van der Waals surface area contributed by atoms with Gasteiger partial charge < -0.3 is 29.9 Å². The molecule has 156 valence electrons. The molecule has 0 spiro atoms. The van der Waals surface area contributed by atoms with Gasteiger partial charge in [0.2, 0.25) is 18.6 Å². The number of carboxylic acid groups (broad SMARTS) is 1. The van der Waals surface area contributed by atoms with Crippen LogP contribution in [0.15, 0.2) is 42.5 Å². The van der Waals surface area contributed by atoms with E-state index in [0.29, 0.717) is 22.7 Å². The van der Waals surface area contributed by atoms with E-state index in [1.807, 2.05) is 0 Å². The highest BCUT2D eigenvalue weighted by molar-refractivity contribution is 6.01. The molecule has 1 fully saturated rings. The summed E-state index contributed by atoms with van der Waals surface area (Å²) in [5.41, 5.74) is 1.25. The van der Waals surface area contributed by atoms with Gasteiger partial charge in [0.25, 0.3) is 0 Å². The van der Waals surface area contributed by atoms with Crippen LogP contribution < -0.4 is 19.7 Å². The molecule has 2 unspecified atom stereocenters. The third-order valence-corrected chi connectivity index (χ3v) is 5.15. The number of rotatable bonds is 6. The molecule has 0 aliphatic carbocycles. The van der Waals surface area contributed by atoms with Crippen LogP contribution in [0, 0.1) is 5.92 Å². The van der Waals surface area contributed by atoms with E-state index >= 15 is 0 Å². The van der Waals surface area contributed by atoms with E-state index in [9.17, 15) is 24.6 Å². The number of anilines is 1. The summed E-state index contributed by atoms with van der Waals surface area (Å²) in [6.07, 6.45) is 0.0553. The number of amides is 2. The SMILES string of the molecule is O=C(NC(Cc1ccc(O)cc1)C(=O)O)C1CC(=O)N(c2ccc3c(c2)OCO3)C1. The quantitative estimate of drug-likeness (QED) is 0.653. The van der Waals surface area contributed by atoms with Crippen LogP contribution in [0.2, 0.25) is 0 Å². The number of benzene rings is 2. The van der Waals surface area contributed by atoms with Gasteiger partial charge in [-0.05, 0) is 29.8 Å². The molecule has 2 aromatic rings. The molecule has 0 saturated carbocycles. The zero-order valence-electron chi connectivity index (χ0n) is 15.9. The number of phenols is 1. The van der Waals surface area contributed by atoms with Crippen molar-refractivity contribution < 1.29 is 34.1 Å². The first-order valence-electron chi connectivity index (χ1n) is 9.42. The van der Waals surface area contributed by atoms with Crippen molar-refractivity contribution in [2.45, 2.75) is 18.9 Å². The molecule has 4 rings (SSSR count). The third kappa shape index (κ3) is 4.00. The minimum Gasteiger partial charge on any atom is -0.508 e. The molecule has 2 heterocycles. The number of nitrogens with zero attached hydrogens (tertiary/aromatic N) is 1. The van der Waals surface area contributed by atoms with Crippen molar-refractivity contribution in [2.24, 2.45) is 5.92 Å². The van der Waals surface area contributed by atoms with Gasteiger partial charge in [-0.3, -0.25) is 9.59 Å². The van der Waals surface area contributed by atoms with Gasteiger partial charge in [-0.1, -0.05) is 12.1 Å². The largest absolute Gasteiger partial charge is 0.508 e. The number of aromatic hydroxyl groups is 1. The van der Waals surface area contributed by atoms with Crippen molar-refractivity contribution in [3.8, 4) is 17.2 Å². The van der Waals surface area contributed by atoms with Crippen LogP contribution in [-0.2, 0) is 20.8 Å². The summed E-state index contributed by atoms with van der Waals surface area (Å²) in [5.74, 6) is -1.34. The van der Waals surface area contributed by atoms with Crippen LogP contribution in [0.25, 0.3) is 0 Å². The number of phenolic OH excluding ortho intramolecular Hbond substituents is 1. The summed E-state index contributed by atoms with van der Waals surface area (Å²) >= 11 is 0. The van der Waals surface area contributed by atoms with Crippen LogP contribution in [0.3, 0.4) is 0 Å². The molecule has 2 aliphatic heterocycles. The van der Waals surface area contributed by atoms with Gasteiger partial charge in [0, 0.05) is 31.1 Å². The zero-order valence-corrected chi connectivity index (χ0v) is 15.9. The van der Waals surface area contributed by atoms with E-state index < -0.39 is 23.8 Å². The lowest BCUT2D eigenvalue weighted by Gasteiger charge is -2.19. The van der Waals surface area contributed by atoms with E-state index in [4.69, 9.17) is 9.47 Å². The Labute approximate surface area is 171 Å². The van der Waals surface area contributed by atoms with Crippen LogP contribution in [0.4, 0.5) is 5.69 Å². The molecule has 0 bridgehead atoms. The molecule has 9 heteroatoms. The van der Waals surface area contributed by atoms with Crippen LogP contribution >= 0.6 is 0 Å². The van der Waals surface area contributed by atoms with Gasteiger partial charge in [0.1, 0.15) is 11.8 Å². The number of nitrogens with one attached hydrogen (secondary N) is 1. The molecule has 2 aliphatic rings. The van der Waals surface area contributed by atoms with Crippen LogP contribution in [0.5, 0.6) is 17.2 Å². The molecular formula is C21H20N2O7. The van der Waals surface area contributed by atoms with E-state index in [1.54, 1.807) is 30.3 Å². The summed E-state index contributed by atoms with van der Waals surface area (Å²) in [7, 11) is 0. The van der Waals surface area contributed by atoms with Crippen molar-refractivity contribution in [3.63, 3.8) is 0 Å². The third-order valence-electron chi connectivity index (χ3n) is 5.15. The van der Waals surface area contributed by atoms with Gasteiger partial charge >= 0.3 is 5.97 Å². The lowest BCUT2D eigenvalue weighted by molar-refractivity contribution is -0.142. The maximum Gasteiger partial charge on any atom is 0.326 e. The number of carbonyl (C=O) groups is 3. The van der Waals surface area contributed by atoms with Gasteiger partial charge in [-0.15, -0.1) is 0 Å². The molecule has 1 saturated heterocycles. The Morgan fingerprint density at radius 1 is 1.13 bits per heavy atom. The molecule has 2 amide bonds. The van der Waals surface area contributed by atoms with Crippen molar-refractivity contribution in [1.29, 1.82) is 0 Å². The van der Waals surface area contributed by atoms with Gasteiger partial charge in [-0.25, -0.2) is 4.79 Å². The summed E-state index contributed by atoms with van der Waals surface area (Å²) in [6.45, 7) is 0.269. The van der Waals surface area contributed by atoms with Crippen molar-refractivity contribution >= 4 is 23.5 Å². The molecule has 2 aromatic carbocycles. The number of hydrogen-bond donors (Lipinski definition) is 3. The first kappa shape index (κ1) is 19.6. The van der Waals surface area contributed by atoms with E-state index in [1.165, 1.54) is 17.0 Å². The van der Waals surface area contributed by atoms with Gasteiger partial charge in [0.15, 0.2) is 11.5 Å². The smallest absolute Gasteiger partial charge is 0.326 e. The number of aliphatic carboxylic acids is 1.